The Morgan fingerprint density at radius 1 is 1.44 bits per heavy atom. The van der Waals surface area contributed by atoms with Gasteiger partial charge in [0.1, 0.15) is 0 Å². The molecule has 2 rings (SSSR count). The van der Waals surface area contributed by atoms with Crippen molar-refractivity contribution >= 4 is 10.9 Å². The Kier molecular flexibility index (Phi) is 0.803. The van der Waals surface area contributed by atoms with E-state index in [1.165, 1.54) is 5.39 Å². The van der Waals surface area contributed by atoms with Crippen LogP contribution in [0.15, 0.2) is 30.7 Å². The quantitative estimate of drug-likeness (QED) is 0.561. The van der Waals surface area contributed by atoms with Crippen LogP contribution in [0.1, 0.15) is 1.43 Å². The highest BCUT2D eigenvalue weighted by Gasteiger charge is 1.87. The van der Waals surface area contributed by atoms with Crippen LogP contribution in [0.2, 0.25) is 0 Å². The van der Waals surface area contributed by atoms with E-state index in [1.807, 2.05) is 24.5 Å². The lowest BCUT2D eigenvalue weighted by atomic mass is 10.3. The lowest BCUT2D eigenvalue weighted by Gasteiger charge is -1.82. The highest BCUT2D eigenvalue weighted by atomic mass is 14.7. The van der Waals surface area contributed by atoms with Crippen molar-refractivity contribution in [1.82, 2.24) is 9.97 Å². The standard InChI is InChI=1S/C7H6N2/c1-3-8-5-7-6(1)2-4-9-7/h1-5,9H/p+1. The fourth-order valence-electron chi connectivity index (χ4n) is 0.892. The number of hydrogen-bond acceptors (Lipinski definition) is 1. The Morgan fingerprint density at radius 3 is 3.33 bits per heavy atom. The molecule has 0 saturated heterocycles. The summed E-state index contributed by atoms with van der Waals surface area (Å²) in [4.78, 5) is 7.01. The van der Waals surface area contributed by atoms with E-state index < -0.39 is 0 Å². The summed E-state index contributed by atoms with van der Waals surface area (Å²) in [6.45, 7) is 0. The van der Waals surface area contributed by atoms with E-state index in [9.17, 15) is 0 Å². The van der Waals surface area contributed by atoms with Crippen LogP contribution in [0.5, 0.6) is 0 Å². The number of pyridine rings is 1. The van der Waals surface area contributed by atoms with Gasteiger partial charge in [0, 0.05) is 17.8 Å². The second kappa shape index (κ2) is 1.58. The molecule has 0 atom stereocenters. The highest BCUT2D eigenvalue weighted by molar-refractivity contribution is 5.77. The molecule has 0 amide bonds. The molecule has 0 unspecified atom stereocenters. The van der Waals surface area contributed by atoms with Crippen LogP contribution in [0.3, 0.4) is 0 Å². The topological polar surface area (TPSA) is 28.7 Å². The van der Waals surface area contributed by atoms with Crippen LogP contribution >= 0.6 is 0 Å². The van der Waals surface area contributed by atoms with E-state index in [2.05, 4.69) is 9.97 Å². The van der Waals surface area contributed by atoms with Crippen molar-refractivity contribution in [1.29, 1.82) is 0 Å². The summed E-state index contributed by atoms with van der Waals surface area (Å²) < 4.78 is 0. The molecule has 0 fully saturated rings. The molecule has 44 valence electrons. The molecule has 2 nitrogen and oxygen atoms in total. The number of fused-ring (bicyclic) bond motifs is 1. The SMILES string of the molecule is [H+].c1cc2cc[nH]c2cn1. The maximum Gasteiger partial charge on any atom is 1.00 e. The van der Waals surface area contributed by atoms with Gasteiger partial charge in [-0.3, -0.25) is 4.98 Å². The van der Waals surface area contributed by atoms with Gasteiger partial charge in [-0.25, -0.2) is 0 Å². The summed E-state index contributed by atoms with van der Waals surface area (Å²) in [5.74, 6) is 0. The van der Waals surface area contributed by atoms with E-state index in [0.717, 1.165) is 5.52 Å². The van der Waals surface area contributed by atoms with Crippen LogP contribution in [-0.4, -0.2) is 9.97 Å². The molecule has 0 aliphatic carbocycles. The second-order valence-corrected chi connectivity index (χ2v) is 1.94. The molecule has 2 heteroatoms. The molecule has 2 aromatic rings. The number of rotatable bonds is 0. The molecular weight excluding hydrogens is 112 g/mol. The van der Waals surface area contributed by atoms with Gasteiger partial charge < -0.3 is 4.98 Å². The average molecular weight is 119 g/mol. The first-order chi connectivity index (χ1) is 4.47. The Balaban J connectivity index is 0.000000500. The third-order valence-corrected chi connectivity index (χ3v) is 1.36. The van der Waals surface area contributed by atoms with E-state index in [0.29, 0.717) is 0 Å². The molecule has 0 saturated carbocycles. The molecule has 0 aliphatic rings. The molecule has 0 bridgehead atoms. The van der Waals surface area contributed by atoms with Crippen molar-refractivity contribution in [2.45, 2.75) is 0 Å². The zero-order valence-corrected chi connectivity index (χ0v) is 4.83. The summed E-state index contributed by atoms with van der Waals surface area (Å²) >= 11 is 0. The third-order valence-electron chi connectivity index (χ3n) is 1.36. The number of nitrogens with one attached hydrogen (secondary N) is 1. The van der Waals surface area contributed by atoms with E-state index in [-0.39, 0.29) is 1.43 Å². The summed E-state index contributed by atoms with van der Waals surface area (Å²) in [6.07, 6.45) is 5.51. The van der Waals surface area contributed by atoms with Gasteiger partial charge in [0.25, 0.3) is 0 Å². The monoisotopic (exact) mass is 119 g/mol. The molecule has 9 heavy (non-hydrogen) atoms. The van der Waals surface area contributed by atoms with E-state index in [4.69, 9.17) is 0 Å². The Hall–Kier alpha value is -1.31. The van der Waals surface area contributed by atoms with Crippen molar-refractivity contribution in [2.24, 2.45) is 0 Å². The lowest BCUT2D eigenvalue weighted by Crippen LogP contribution is -1.68. The average Bonchev–Trinajstić information content (AvgIpc) is 2.33. The van der Waals surface area contributed by atoms with Gasteiger partial charge in [0.2, 0.25) is 0 Å². The molecule has 0 radical (unpaired) electrons. The van der Waals surface area contributed by atoms with Crippen molar-refractivity contribution in [3.63, 3.8) is 0 Å². The van der Waals surface area contributed by atoms with Crippen LogP contribution in [0.25, 0.3) is 10.9 Å². The Labute approximate surface area is 54.0 Å². The van der Waals surface area contributed by atoms with Gasteiger partial charge >= 0.3 is 1.43 Å². The number of nitrogens with zero attached hydrogens (tertiary/aromatic N) is 1. The van der Waals surface area contributed by atoms with Crippen LogP contribution in [0.4, 0.5) is 0 Å². The van der Waals surface area contributed by atoms with Crippen LogP contribution < -0.4 is 0 Å². The first-order valence-electron chi connectivity index (χ1n) is 2.84. The molecule has 0 spiro atoms. The van der Waals surface area contributed by atoms with Gasteiger partial charge in [-0.15, -0.1) is 0 Å². The molecule has 2 aromatic heterocycles. The first-order valence-corrected chi connectivity index (χ1v) is 2.84. The Bertz CT molecular complexity index is 286. The van der Waals surface area contributed by atoms with E-state index in [1.54, 1.807) is 6.20 Å². The predicted molar refractivity (Wildman–Crippen MR) is 37.2 cm³/mol. The summed E-state index contributed by atoms with van der Waals surface area (Å²) in [5.41, 5.74) is 1.09. The normalized spacial score (nSPS) is 10.2. The van der Waals surface area contributed by atoms with Crippen molar-refractivity contribution in [3.8, 4) is 0 Å². The summed E-state index contributed by atoms with van der Waals surface area (Å²) in [5, 5.41) is 1.21. The maximum absolute atomic E-state index is 3.95. The number of hydrogen-bond donors (Lipinski definition) is 1. The molecule has 1 N–H and O–H groups in total. The fourth-order valence-corrected chi connectivity index (χ4v) is 0.892. The predicted octanol–water partition coefficient (Wildman–Crippen LogP) is 1.68. The van der Waals surface area contributed by atoms with Gasteiger partial charge in [-0.1, -0.05) is 0 Å². The van der Waals surface area contributed by atoms with Crippen molar-refractivity contribution in [3.05, 3.63) is 30.7 Å². The van der Waals surface area contributed by atoms with Crippen molar-refractivity contribution in [2.75, 3.05) is 0 Å². The molecule has 0 aromatic carbocycles. The lowest BCUT2D eigenvalue weighted by molar-refractivity contribution is 1.34. The second-order valence-electron chi connectivity index (χ2n) is 1.94. The highest BCUT2D eigenvalue weighted by Crippen LogP contribution is 2.07. The third kappa shape index (κ3) is 0.598. The van der Waals surface area contributed by atoms with Gasteiger partial charge in [0.05, 0.1) is 11.7 Å². The zero-order chi connectivity index (χ0) is 6.10. The van der Waals surface area contributed by atoms with Gasteiger partial charge in [-0.05, 0) is 12.1 Å². The number of aromatic nitrogens is 2. The fraction of sp³-hybridized carbons (Fsp3) is 0. The molecular formula is C7H7N2+. The minimum Gasteiger partial charge on any atom is -0.360 e. The zero-order valence-electron chi connectivity index (χ0n) is 5.83. The molecule has 0 aliphatic heterocycles. The smallest absolute Gasteiger partial charge is 0.360 e. The number of aromatic amines is 1. The van der Waals surface area contributed by atoms with Crippen LogP contribution in [-0.2, 0) is 0 Å². The van der Waals surface area contributed by atoms with Crippen LogP contribution in [0, 0.1) is 0 Å². The van der Waals surface area contributed by atoms with E-state index >= 15 is 0 Å². The summed E-state index contributed by atoms with van der Waals surface area (Å²) in [6, 6.07) is 4.00. The van der Waals surface area contributed by atoms with Gasteiger partial charge in [0.15, 0.2) is 0 Å². The Morgan fingerprint density at radius 2 is 2.44 bits per heavy atom. The van der Waals surface area contributed by atoms with Crippen molar-refractivity contribution < 1.29 is 1.43 Å². The first kappa shape index (κ1) is 4.56. The minimum absolute atomic E-state index is 0. The minimum atomic E-state index is 0. The van der Waals surface area contributed by atoms with Gasteiger partial charge in [-0.2, -0.15) is 0 Å². The molecule has 2 heterocycles. The number of H-pyrrole nitrogens is 1. The maximum atomic E-state index is 3.95. The summed E-state index contributed by atoms with van der Waals surface area (Å²) in [7, 11) is 0. The largest absolute Gasteiger partial charge is 1.00 e.